The van der Waals surface area contributed by atoms with Crippen LogP contribution in [0.4, 0.5) is 4.39 Å². The van der Waals surface area contributed by atoms with Crippen molar-refractivity contribution in [3.8, 4) is 0 Å². The van der Waals surface area contributed by atoms with Gasteiger partial charge in [0.05, 0.1) is 10.6 Å². The van der Waals surface area contributed by atoms with E-state index in [0.29, 0.717) is 11.6 Å². The van der Waals surface area contributed by atoms with Gasteiger partial charge in [-0.25, -0.2) is 4.39 Å². The first kappa shape index (κ1) is 20.6. The molecular formula is C18H18ClFN4O2S. The third kappa shape index (κ3) is 6.50. The molecule has 0 fully saturated rings. The topological polar surface area (TPSA) is 82.3 Å². The van der Waals surface area contributed by atoms with Crippen LogP contribution < -0.4 is 21.5 Å². The highest BCUT2D eigenvalue weighted by molar-refractivity contribution is 7.80. The zero-order valence-electron chi connectivity index (χ0n) is 14.4. The Balaban J connectivity index is 1.75. The molecule has 0 bridgehead atoms. The van der Waals surface area contributed by atoms with E-state index >= 15 is 0 Å². The van der Waals surface area contributed by atoms with E-state index in [-0.39, 0.29) is 16.5 Å². The first-order valence-electron chi connectivity index (χ1n) is 8.00. The molecule has 0 unspecified atom stereocenters. The van der Waals surface area contributed by atoms with Crippen molar-refractivity contribution in [1.29, 1.82) is 0 Å². The van der Waals surface area contributed by atoms with Crippen molar-refractivity contribution in [2.45, 2.75) is 19.5 Å². The number of halogens is 2. The highest BCUT2D eigenvalue weighted by Gasteiger charge is 2.18. The van der Waals surface area contributed by atoms with E-state index < -0.39 is 17.9 Å². The second-order valence-corrected chi connectivity index (χ2v) is 6.41. The van der Waals surface area contributed by atoms with E-state index in [1.54, 1.807) is 36.4 Å². The molecule has 142 valence electrons. The van der Waals surface area contributed by atoms with Crippen LogP contribution in [0.1, 0.15) is 22.8 Å². The van der Waals surface area contributed by atoms with E-state index in [0.717, 1.165) is 5.56 Å². The first-order chi connectivity index (χ1) is 12.9. The van der Waals surface area contributed by atoms with Crippen LogP contribution in [0, 0.1) is 5.82 Å². The zero-order valence-corrected chi connectivity index (χ0v) is 16.0. The summed E-state index contributed by atoms with van der Waals surface area (Å²) in [6.07, 6.45) is 0. The van der Waals surface area contributed by atoms with Crippen LogP contribution in [-0.4, -0.2) is 23.0 Å². The number of hydrogen-bond donors (Lipinski definition) is 4. The van der Waals surface area contributed by atoms with E-state index in [1.807, 2.05) is 0 Å². The Labute approximate surface area is 166 Å². The summed E-state index contributed by atoms with van der Waals surface area (Å²) in [6, 6.07) is 11.7. The van der Waals surface area contributed by atoms with Gasteiger partial charge in [-0.2, -0.15) is 0 Å². The number of carbonyl (C=O) groups excluding carboxylic acids is 2. The average Bonchev–Trinajstić information content (AvgIpc) is 2.65. The number of hydrogen-bond acceptors (Lipinski definition) is 3. The molecule has 0 saturated carbocycles. The second-order valence-electron chi connectivity index (χ2n) is 5.60. The first-order valence-corrected chi connectivity index (χ1v) is 8.79. The van der Waals surface area contributed by atoms with Gasteiger partial charge >= 0.3 is 0 Å². The van der Waals surface area contributed by atoms with Gasteiger partial charge in [-0.3, -0.25) is 20.4 Å². The number of nitrogens with one attached hydrogen (secondary N) is 4. The Morgan fingerprint density at radius 1 is 1.11 bits per heavy atom. The predicted octanol–water partition coefficient (Wildman–Crippen LogP) is 2.29. The van der Waals surface area contributed by atoms with Gasteiger partial charge in [0.15, 0.2) is 5.11 Å². The smallest absolute Gasteiger partial charge is 0.260 e. The van der Waals surface area contributed by atoms with E-state index in [9.17, 15) is 14.0 Å². The van der Waals surface area contributed by atoms with E-state index in [4.69, 9.17) is 23.8 Å². The SMILES string of the molecule is C[C@H](NC(=O)c1ccccc1Cl)C(=O)NNC(=S)NCc1ccc(F)cc1. The lowest BCUT2D eigenvalue weighted by Crippen LogP contribution is -2.53. The summed E-state index contributed by atoms with van der Waals surface area (Å²) in [6.45, 7) is 1.89. The molecule has 2 aromatic rings. The molecule has 27 heavy (non-hydrogen) atoms. The highest BCUT2D eigenvalue weighted by Crippen LogP contribution is 2.14. The molecule has 0 aliphatic rings. The van der Waals surface area contributed by atoms with Crippen LogP contribution in [0.5, 0.6) is 0 Å². The minimum absolute atomic E-state index is 0.178. The molecule has 0 aromatic heterocycles. The van der Waals surface area contributed by atoms with Crippen LogP contribution in [0.15, 0.2) is 48.5 Å². The molecule has 0 radical (unpaired) electrons. The molecule has 2 aromatic carbocycles. The molecule has 1 atom stereocenters. The lowest BCUT2D eigenvalue weighted by Gasteiger charge is -2.16. The third-order valence-electron chi connectivity index (χ3n) is 3.52. The monoisotopic (exact) mass is 408 g/mol. The Bertz CT molecular complexity index is 832. The lowest BCUT2D eigenvalue weighted by atomic mass is 10.2. The lowest BCUT2D eigenvalue weighted by molar-refractivity contribution is -0.123. The van der Waals surface area contributed by atoms with Gasteiger partial charge in [0.25, 0.3) is 11.8 Å². The fraction of sp³-hybridized carbons (Fsp3) is 0.167. The average molecular weight is 409 g/mol. The Morgan fingerprint density at radius 2 is 1.78 bits per heavy atom. The van der Waals surface area contributed by atoms with Crippen molar-refractivity contribution >= 4 is 40.7 Å². The summed E-state index contributed by atoms with van der Waals surface area (Å²) in [7, 11) is 0. The fourth-order valence-corrected chi connectivity index (χ4v) is 2.39. The minimum Gasteiger partial charge on any atom is -0.357 e. The summed E-state index contributed by atoms with van der Waals surface area (Å²) in [5, 5.41) is 5.89. The van der Waals surface area contributed by atoms with Crippen molar-refractivity contribution in [3.63, 3.8) is 0 Å². The van der Waals surface area contributed by atoms with Crippen molar-refractivity contribution in [1.82, 2.24) is 21.5 Å². The summed E-state index contributed by atoms with van der Waals surface area (Å²) in [5.74, 6) is -1.26. The molecule has 2 amide bonds. The Kier molecular flexibility index (Phi) is 7.51. The van der Waals surface area contributed by atoms with Gasteiger partial charge in [-0.1, -0.05) is 35.9 Å². The summed E-state index contributed by atoms with van der Waals surface area (Å²) >= 11 is 11.0. The number of thiocarbonyl (C=S) groups is 1. The standard InChI is InChI=1S/C18H18ClFN4O2S/c1-11(22-17(26)14-4-2-3-5-15(14)19)16(25)23-24-18(27)21-10-12-6-8-13(20)9-7-12/h2-9,11H,10H2,1H3,(H,22,26)(H,23,25)(H2,21,24,27)/t11-/m0/s1. The van der Waals surface area contributed by atoms with Crippen LogP contribution in [-0.2, 0) is 11.3 Å². The third-order valence-corrected chi connectivity index (χ3v) is 4.10. The maximum atomic E-state index is 12.8. The Hall–Kier alpha value is -2.71. The fourth-order valence-electron chi connectivity index (χ4n) is 2.04. The van der Waals surface area contributed by atoms with Gasteiger partial charge < -0.3 is 10.6 Å². The number of amides is 2. The number of rotatable bonds is 5. The van der Waals surface area contributed by atoms with Crippen LogP contribution in [0.3, 0.4) is 0 Å². The molecular weight excluding hydrogens is 391 g/mol. The largest absolute Gasteiger partial charge is 0.357 e. The van der Waals surface area contributed by atoms with E-state index in [2.05, 4.69) is 21.5 Å². The summed E-state index contributed by atoms with van der Waals surface area (Å²) in [5.41, 5.74) is 6.04. The Morgan fingerprint density at radius 3 is 2.44 bits per heavy atom. The molecule has 0 heterocycles. The maximum Gasteiger partial charge on any atom is 0.260 e. The normalized spacial score (nSPS) is 11.2. The molecule has 2 rings (SSSR count). The molecule has 0 aliphatic heterocycles. The van der Waals surface area contributed by atoms with Crippen LogP contribution >= 0.6 is 23.8 Å². The molecule has 0 saturated heterocycles. The van der Waals surface area contributed by atoms with Gasteiger partial charge in [0.1, 0.15) is 11.9 Å². The van der Waals surface area contributed by atoms with Gasteiger partial charge in [-0.15, -0.1) is 0 Å². The van der Waals surface area contributed by atoms with Crippen LogP contribution in [0.2, 0.25) is 5.02 Å². The van der Waals surface area contributed by atoms with Gasteiger partial charge in [0.2, 0.25) is 0 Å². The van der Waals surface area contributed by atoms with Crippen molar-refractivity contribution in [3.05, 3.63) is 70.5 Å². The van der Waals surface area contributed by atoms with Crippen molar-refractivity contribution < 1.29 is 14.0 Å². The molecule has 6 nitrogen and oxygen atoms in total. The molecule has 0 aliphatic carbocycles. The summed E-state index contributed by atoms with van der Waals surface area (Å²) < 4.78 is 12.8. The van der Waals surface area contributed by atoms with Crippen molar-refractivity contribution in [2.24, 2.45) is 0 Å². The number of carbonyl (C=O) groups is 2. The van der Waals surface area contributed by atoms with Crippen molar-refractivity contribution in [2.75, 3.05) is 0 Å². The summed E-state index contributed by atoms with van der Waals surface area (Å²) in [4.78, 5) is 24.2. The quantitative estimate of drug-likeness (QED) is 0.451. The number of benzene rings is 2. The maximum absolute atomic E-state index is 12.8. The minimum atomic E-state index is -0.818. The van der Waals surface area contributed by atoms with Crippen LogP contribution in [0.25, 0.3) is 0 Å². The molecule has 4 N–H and O–H groups in total. The van der Waals surface area contributed by atoms with Gasteiger partial charge in [0, 0.05) is 6.54 Å². The zero-order chi connectivity index (χ0) is 19.8. The molecule has 0 spiro atoms. The van der Waals surface area contributed by atoms with E-state index in [1.165, 1.54) is 19.1 Å². The molecule has 9 heteroatoms. The second kappa shape index (κ2) is 9.84. The number of hydrazine groups is 1. The predicted molar refractivity (Wildman–Crippen MR) is 105 cm³/mol. The van der Waals surface area contributed by atoms with Gasteiger partial charge in [-0.05, 0) is 49.0 Å². The highest BCUT2D eigenvalue weighted by atomic mass is 35.5.